The Morgan fingerprint density at radius 1 is 1.26 bits per heavy atom. The lowest BCUT2D eigenvalue weighted by Crippen LogP contribution is -2.36. The van der Waals surface area contributed by atoms with Crippen molar-refractivity contribution in [2.24, 2.45) is 0 Å². The summed E-state index contributed by atoms with van der Waals surface area (Å²) in [6, 6.07) is 12.8. The Kier molecular flexibility index (Phi) is 4.98. The van der Waals surface area contributed by atoms with Crippen molar-refractivity contribution >= 4 is 27.5 Å². The molecule has 0 aliphatic carbocycles. The van der Waals surface area contributed by atoms with Crippen molar-refractivity contribution in [2.45, 2.75) is 39.8 Å². The third-order valence-electron chi connectivity index (χ3n) is 5.29. The number of rotatable bonds is 4. The first-order valence-electron chi connectivity index (χ1n) is 9.46. The zero-order chi connectivity index (χ0) is 19.0. The van der Waals surface area contributed by atoms with Crippen LogP contribution in [-0.4, -0.2) is 34.9 Å². The van der Waals surface area contributed by atoms with E-state index in [0.717, 1.165) is 52.4 Å². The van der Waals surface area contributed by atoms with E-state index >= 15 is 0 Å². The predicted molar refractivity (Wildman–Crippen MR) is 111 cm³/mol. The maximum absolute atomic E-state index is 12.9. The molecule has 140 valence electrons. The van der Waals surface area contributed by atoms with E-state index in [1.807, 2.05) is 19.9 Å². The minimum Gasteiger partial charge on any atom is -0.347 e. The molecule has 0 bridgehead atoms. The molecular weight excluding hydrogens is 354 g/mol. The van der Waals surface area contributed by atoms with Gasteiger partial charge in [0, 0.05) is 36.8 Å². The summed E-state index contributed by atoms with van der Waals surface area (Å²) in [5, 5.41) is 4.38. The van der Waals surface area contributed by atoms with Gasteiger partial charge in [0.1, 0.15) is 4.83 Å². The number of benzene rings is 1. The third kappa shape index (κ3) is 3.75. The van der Waals surface area contributed by atoms with E-state index in [9.17, 15) is 4.79 Å². The number of hydrogen-bond donors (Lipinski definition) is 1. The molecule has 1 atom stereocenters. The second-order valence-electron chi connectivity index (χ2n) is 7.50. The van der Waals surface area contributed by atoms with Crippen LogP contribution >= 0.6 is 11.3 Å². The average Bonchev–Trinajstić information content (AvgIpc) is 3.20. The van der Waals surface area contributed by atoms with Crippen LogP contribution in [0.4, 0.5) is 0 Å². The van der Waals surface area contributed by atoms with E-state index in [1.54, 1.807) is 0 Å². The van der Waals surface area contributed by atoms with Gasteiger partial charge in [-0.15, -0.1) is 11.3 Å². The molecule has 2 aromatic heterocycles. The highest BCUT2D eigenvalue weighted by Crippen LogP contribution is 2.32. The van der Waals surface area contributed by atoms with Crippen LogP contribution in [0.5, 0.6) is 0 Å². The summed E-state index contributed by atoms with van der Waals surface area (Å²) >= 11 is 1.51. The number of carbonyl (C=O) groups excluding carboxylic acids is 1. The van der Waals surface area contributed by atoms with E-state index in [-0.39, 0.29) is 11.9 Å². The van der Waals surface area contributed by atoms with Crippen LogP contribution < -0.4 is 5.32 Å². The Hall–Kier alpha value is -2.24. The quantitative estimate of drug-likeness (QED) is 0.738. The number of nitrogens with zero attached hydrogens (tertiary/aromatic N) is 2. The monoisotopic (exact) mass is 379 g/mol. The number of aromatic nitrogens is 1. The van der Waals surface area contributed by atoms with Crippen molar-refractivity contribution < 1.29 is 4.79 Å². The Morgan fingerprint density at radius 3 is 2.81 bits per heavy atom. The lowest BCUT2D eigenvalue weighted by molar-refractivity contribution is 0.0941. The normalized spacial score (nSPS) is 17.5. The third-order valence-corrected chi connectivity index (χ3v) is 6.47. The maximum Gasteiger partial charge on any atom is 0.261 e. The molecule has 0 unspecified atom stereocenters. The zero-order valence-electron chi connectivity index (χ0n) is 16.1. The smallest absolute Gasteiger partial charge is 0.261 e. The first kappa shape index (κ1) is 18.1. The van der Waals surface area contributed by atoms with Crippen LogP contribution in [0.3, 0.4) is 0 Å². The summed E-state index contributed by atoms with van der Waals surface area (Å²) in [4.78, 5) is 21.7. The van der Waals surface area contributed by atoms with Crippen LogP contribution in [0.2, 0.25) is 0 Å². The van der Waals surface area contributed by atoms with Crippen molar-refractivity contribution in [2.75, 3.05) is 13.1 Å². The second kappa shape index (κ2) is 7.41. The van der Waals surface area contributed by atoms with Crippen LogP contribution in [0.1, 0.15) is 38.5 Å². The first-order chi connectivity index (χ1) is 13.0. The number of aryl methyl sites for hydroxylation is 3. The van der Waals surface area contributed by atoms with Gasteiger partial charge in [0.2, 0.25) is 0 Å². The Labute approximate surface area is 164 Å². The van der Waals surface area contributed by atoms with Gasteiger partial charge in [-0.2, -0.15) is 0 Å². The Balaban J connectivity index is 1.45. The number of carbonyl (C=O) groups is 1. The average molecular weight is 380 g/mol. The van der Waals surface area contributed by atoms with E-state index in [1.165, 1.54) is 22.5 Å². The van der Waals surface area contributed by atoms with E-state index in [4.69, 9.17) is 0 Å². The molecule has 1 aliphatic rings. The van der Waals surface area contributed by atoms with E-state index < -0.39 is 0 Å². The van der Waals surface area contributed by atoms with Gasteiger partial charge in [-0.1, -0.05) is 30.3 Å². The number of hydrogen-bond acceptors (Lipinski definition) is 4. The fourth-order valence-electron chi connectivity index (χ4n) is 4.02. The fraction of sp³-hybridized carbons (Fsp3) is 0.364. The molecule has 1 amide bonds. The predicted octanol–water partition coefficient (Wildman–Crippen LogP) is 4.23. The number of amides is 1. The van der Waals surface area contributed by atoms with E-state index in [2.05, 4.69) is 52.5 Å². The van der Waals surface area contributed by atoms with Crippen LogP contribution in [-0.2, 0) is 6.54 Å². The number of nitrogens with one attached hydrogen (secondary N) is 1. The van der Waals surface area contributed by atoms with Crippen molar-refractivity contribution in [1.29, 1.82) is 0 Å². The molecule has 1 saturated heterocycles. The van der Waals surface area contributed by atoms with Crippen molar-refractivity contribution in [3.05, 3.63) is 63.7 Å². The van der Waals surface area contributed by atoms with Gasteiger partial charge in [0.05, 0.1) is 4.88 Å². The van der Waals surface area contributed by atoms with Gasteiger partial charge in [-0.25, -0.2) is 4.98 Å². The molecule has 5 heteroatoms. The van der Waals surface area contributed by atoms with Gasteiger partial charge in [0.25, 0.3) is 5.91 Å². The van der Waals surface area contributed by atoms with Gasteiger partial charge in [0.15, 0.2) is 0 Å². The molecule has 3 aromatic rings. The van der Waals surface area contributed by atoms with Crippen molar-refractivity contribution in [1.82, 2.24) is 15.2 Å². The molecule has 4 rings (SSSR count). The highest BCUT2D eigenvalue weighted by molar-refractivity contribution is 7.20. The van der Waals surface area contributed by atoms with Crippen LogP contribution in [0.15, 0.2) is 36.4 Å². The summed E-state index contributed by atoms with van der Waals surface area (Å²) in [5.41, 5.74) is 4.57. The number of fused-ring (bicyclic) bond motifs is 1. The number of pyridine rings is 1. The molecular formula is C22H25N3OS. The van der Waals surface area contributed by atoms with Gasteiger partial charge in [-0.05, 0) is 49.9 Å². The van der Waals surface area contributed by atoms with Crippen molar-refractivity contribution in [3.8, 4) is 0 Å². The second-order valence-corrected chi connectivity index (χ2v) is 8.50. The molecule has 3 heterocycles. The highest BCUT2D eigenvalue weighted by atomic mass is 32.1. The summed E-state index contributed by atoms with van der Waals surface area (Å²) < 4.78 is 0. The van der Waals surface area contributed by atoms with Crippen LogP contribution in [0.25, 0.3) is 10.2 Å². The lowest BCUT2D eigenvalue weighted by Gasteiger charge is -2.16. The number of likely N-dealkylation sites (tertiary alicyclic amines) is 1. The van der Waals surface area contributed by atoms with Gasteiger partial charge >= 0.3 is 0 Å². The molecule has 1 aliphatic heterocycles. The molecule has 27 heavy (non-hydrogen) atoms. The standard InChI is InChI=1S/C22H25N3OS/c1-14-11-15(2)23-22-19(14)16(3)20(27-22)21(26)24-18-9-10-25(13-18)12-17-7-5-4-6-8-17/h4-8,11,18H,9-10,12-13H2,1-3H3,(H,24,26)/t18-/m0/s1. The largest absolute Gasteiger partial charge is 0.347 e. The van der Waals surface area contributed by atoms with Crippen molar-refractivity contribution in [3.63, 3.8) is 0 Å². The molecule has 4 nitrogen and oxygen atoms in total. The molecule has 0 radical (unpaired) electrons. The van der Waals surface area contributed by atoms with Gasteiger partial charge in [-0.3, -0.25) is 9.69 Å². The fourth-order valence-corrected chi connectivity index (χ4v) is 5.23. The molecule has 1 fully saturated rings. The molecule has 1 N–H and O–H groups in total. The Morgan fingerprint density at radius 2 is 2.04 bits per heavy atom. The van der Waals surface area contributed by atoms with Gasteiger partial charge < -0.3 is 5.32 Å². The summed E-state index contributed by atoms with van der Waals surface area (Å²) in [5.74, 6) is 0.0408. The van der Waals surface area contributed by atoms with E-state index in [0.29, 0.717) is 0 Å². The zero-order valence-corrected chi connectivity index (χ0v) is 16.9. The summed E-state index contributed by atoms with van der Waals surface area (Å²) in [6.45, 7) is 9.00. The maximum atomic E-state index is 12.9. The SMILES string of the molecule is Cc1cc(C)c2c(C)c(C(=O)N[C@H]3CCN(Cc4ccccc4)C3)sc2n1. The molecule has 1 aromatic carbocycles. The topological polar surface area (TPSA) is 45.2 Å². The summed E-state index contributed by atoms with van der Waals surface area (Å²) in [7, 11) is 0. The lowest BCUT2D eigenvalue weighted by atomic mass is 10.1. The first-order valence-corrected chi connectivity index (χ1v) is 10.3. The number of thiophene rings is 1. The van der Waals surface area contributed by atoms with Crippen LogP contribution in [0, 0.1) is 20.8 Å². The summed E-state index contributed by atoms with van der Waals surface area (Å²) in [6.07, 6.45) is 0.999. The molecule has 0 spiro atoms. The minimum absolute atomic E-state index is 0.0408. The highest BCUT2D eigenvalue weighted by Gasteiger charge is 2.26. The Bertz CT molecular complexity index is 980. The minimum atomic E-state index is 0.0408. The molecule has 0 saturated carbocycles.